The maximum atomic E-state index is 9.52. The van der Waals surface area contributed by atoms with Gasteiger partial charge in [0.05, 0.1) is 12.7 Å². The van der Waals surface area contributed by atoms with Gasteiger partial charge >= 0.3 is 0 Å². The quantitative estimate of drug-likeness (QED) is 0.494. The molecule has 0 bridgehead atoms. The molecule has 0 aromatic rings. The summed E-state index contributed by atoms with van der Waals surface area (Å²) in [7, 11) is 0. The van der Waals surface area contributed by atoms with E-state index in [0.717, 1.165) is 12.8 Å². The number of ether oxygens (including phenoxy) is 1. The average Bonchev–Trinajstić information content (AvgIpc) is 2.70. The summed E-state index contributed by atoms with van der Waals surface area (Å²) in [6.45, 7) is 4.65. The van der Waals surface area contributed by atoms with E-state index < -0.39 is 0 Å². The zero-order valence-electron chi connectivity index (χ0n) is 7.21. The zero-order chi connectivity index (χ0) is 8.32. The van der Waals surface area contributed by atoms with Crippen LogP contribution in [-0.4, -0.2) is 23.4 Å². The summed E-state index contributed by atoms with van der Waals surface area (Å²) in [4.78, 5) is 0. The molecule has 0 aromatic carbocycles. The van der Waals surface area contributed by atoms with Gasteiger partial charge in [-0.3, -0.25) is 0 Å². The Morgan fingerprint density at radius 2 is 2.36 bits per heavy atom. The standard InChI is InChI=1S/C9H16O2/c1-3-4-5-6-8(10)9(2)7-11-9/h3-4,8,10H,5-7H2,1-2H3/b4-3+/t8-,9+/m1/s1. The van der Waals surface area contributed by atoms with Crippen molar-refractivity contribution >= 4 is 0 Å². The number of allylic oxidation sites excluding steroid dienone is 2. The topological polar surface area (TPSA) is 32.8 Å². The molecule has 0 aromatic heterocycles. The fourth-order valence-electron chi connectivity index (χ4n) is 1.03. The van der Waals surface area contributed by atoms with Crippen LogP contribution in [0.25, 0.3) is 0 Å². The highest BCUT2D eigenvalue weighted by atomic mass is 16.6. The van der Waals surface area contributed by atoms with Gasteiger partial charge in [0.2, 0.25) is 0 Å². The second kappa shape index (κ2) is 3.37. The Bertz CT molecular complexity index is 148. The molecule has 0 saturated carbocycles. The van der Waals surface area contributed by atoms with Crippen LogP contribution in [0.2, 0.25) is 0 Å². The first-order valence-electron chi connectivity index (χ1n) is 4.12. The number of aliphatic hydroxyl groups excluding tert-OH is 1. The summed E-state index contributed by atoms with van der Waals surface area (Å²) >= 11 is 0. The Hall–Kier alpha value is -0.340. The molecule has 1 aliphatic rings. The first kappa shape index (κ1) is 8.75. The van der Waals surface area contributed by atoms with Crippen LogP contribution in [0.15, 0.2) is 12.2 Å². The maximum absolute atomic E-state index is 9.52. The Labute approximate surface area is 67.9 Å². The summed E-state index contributed by atoms with van der Waals surface area (Å²) < 4.78 is 5.11. The fraction of sp³-hybridized carbons (Fsp3) is 0.778. The SMILES string of the molecule is C/C=C/CC[C@@H](O)[C@]1(C)CO1. The highest BCUT2D eigenvalue weighted by molar-refractivity contribution is 4.95. The van der Waals surface area contributed by atoms with Crippen molar-refractivity contribution in [3.63, 3.8) is 0 Å². The fourth-order valence-corrected chi connectivity index (χ4v) is 1.03. The molecule has 2 nitrogen and oxygen atoms in total. The summed E-state index contributed by atoms with van der Waals surface area (Å²) in [5, 5.41) is 9.52. The third-order valence-corrected chi connectivity index (χ3v) is 2.15. The van der Waals surface area contributed by atoms with Gasteiger partial charge in [0.1, 0.15) is 5.60 Å². The van der Waals surface area contributed by atoms with E-state index in [0.29, 0.717) is 6.61 Å². The summed E-state index contributed by atoms with van der Waals surface area (Å²) in [6.07, 6.45) is 5.52. The lowest BCUT2D eigenvalue weighted by Gasteiger charge is -2.12. The van der Waals surface area contributed by atoms with Crippen molar-refractivity contribution < 1.29 is 9.84 Å². The lowest BCUT2D eigenvalue weighted by Crippen LogP contribution is -2.25. The van der Waals surface area contributed by atoms with E-state index in [2.05, 4.69) is 6.08 Å². The van der Waals surface area contributed by atoms with Crippen molar-refractivity contribution in [2.24, 2.45) is 0 Å². The van der Waals surface area contributed by atoms with Gasteiger partial charge in [0.15, 0.2) is 0 Å². The van der Waals surface area contributed by atoms with Gasteiger partial charge in [-0.05, 0) is 26.7 Å². The lowest BCUT2D eigenvalue weighted by atomic mass is 10.0. The predicted octanol–water partition coefficient (Wildman–Crippen LogP) is 1.49. The van der Waals surface area contributed by atoms with E-state index >= 15 is 0 Å². The summed E-state index contributed by atoms with van der Waals surface area (Å²) in [5.74, 6) is 0. The molecule has 0 spiro atoms. The van der Waals surface area contributed by atoms with Gasteiger partial charge in [-0.25, -0.2) is 0 Å². The molecule has 0 unspecified atom stereocenters. The molecule has 11 heavy (non-hydrogen) atoms. The van der Waals surface area contributed by atoms with E-state index in [1.807, 2.05) is 19.9 Å². The summed E-state index contributed by atoms with van der Waals surface area (Å²) in [5.41, 5.74) is -0.221. The minimum atomic E-state index is -0.293. The predicted molar refractivity (Wildman–Crippen MR) is 44.4 cm³/mol. The molecule has 2 heteroatoms. The molecular weight excluding hydrogens is 140 g/mol. The Morgan fingerprint density at radius 1 is 1.73 bits per heavy atom. The minimum absolute atomic E-state index is 0.221. The molecular formula is C9H16O2. The third-order valence-electron chi connectivity index (χ3n) is 2.15. The number of hydrogen-bond donors (Lipinski definition) is 1. The first-order valence-corrected chi connectivity index (χ1v) is 4.12. The van der Waals surface area contributed by atoms with Gasteiger partial charge in [0, 0.05) is 0 Å². The van der Waals surface area contributed by atoms with Crippen molar-refractivity contribution in [2.75, 3.05) is 6.61 Å². The van der Waals surface area contributed by atoms with Gasteiger partial charge in [-0.15, -0.1) is 0 Å². The van der Waals surface area contributed by atoms with E-state index in [9.17, 15) is 5.11 Å². The van der Waals surface area contributed by atoms with Crippen LogP contribution in [-0.2, 0) is 4.74 Å². The van der Waals surface area contributed by atoms with E-state index in [-0.39, 0.29) is 11.7 Å². The Morgan fingerprint density at radius 3 is 2.82 bits per heavy atom. The van der Waals surface area contributed by atoms with Crippen molar-refractivity contribution in [2.45, 2.75) is 38.4 Å². The van der Waals surface area contributed by atoms with Crippen molar-refractivity contribution in [3.05, 3.63) is 12.2 Å². The number of hydrogen-bond acceptors (Lipinski definition) is 2. The van der Waals surface area contributed by atoms with Gasteiger partial charge in [0.25, 0.3) is 0 Å². The van der Waals surface area contributed by atoms with Crippen LogP contribution in [0, 0.1) is 0 Å². The van der Waals surface area contributed by atoms with E-state index in [1.54, 1.807) is 0 Å². The van der Waals surface area contributed by atoms with Crippen molar-refractivity contribution in [1.82, 2.24) is 0 Å². The Kier molecular flexibility index (Phi) is 2.68. The normalized spacial score (nSPS) is 32.6. The number of epoxide rings is 1. The molecule has 64 valence electrons. The van der Waals surface area contributed by atoms with Crippen LogP contribution in [0.4, 0.5) is 0 Å². The van der Waals surface area contributed by atoms with Crippen LogP contribution in [0.1, 0.15) is 26.7 Å². The molecule has 1 saturated heterocycles. The molecule has 1 aliphatic heterocycles. The Balaban J connectivity index is 2.16. The smallest absolute Gasteiger partial charge is 0.115 e. The molecule has 1 fully saturated rings. The highest BCUT2D eigenvalue weighted by Crippen LogP contribution is 2.32. The third kappa shape index (κ3) is 2.31. The van der Waals surface area contributed by atoms with Crippen LogP contribution in [0.5, 0.6) is 0 Å². The van der Waals surface area contributed by atoms with E-state index in [1.165, 1.54) is 0 Å². The van der Waals surface area contributed by atoms with Crippen LogP contribution in [0.3, 0.4) is 0 Å². The minimum Gasteiger partial charge on any atom is -0.390 e. The maximum Gasteiger partial charge on any atom is 0.115 e. The summed E-state index contributed by atoms with van der Waals surface area (Å²) in [6, 6.07) is 0. The second-order valence-corrected chi connectivity index (χ2v) is 3.26. The van der Waals surface area contributed by atoms with Gasteiger partial charge < -0.3 is 9.84 Å². The zero-order valence-corrected chi connectivity index (χ0v) is 7.21. The number of aliphatic hydroxyl groups is 1. The largest absolute Gasteiger partial charge is 0.390 e. The van der Waals surface area contributed by atoms with Gasteiger partial charge in [-0.1, -0.05) is 12.2 Å². The molecule has 1 N–H and O–H groups in total. The van der Waals surface area contributed by atoms with Crippen molar-refractivity contribution in [1.29, 1.82) is 0 Å². The van der Waals surface area contributed by atoms with Gasteiger partial charge in [-0.2, -0.15) is 0 Å². The average molecular weight is 156 g/mol. The van der Waals surface area contributed by atoms with Crippen molar-refractivity contribution in [3.8, 4) is 0 Å². The van der Waals surface area contributed by atoms with E-state index in [4.69, 9.17) is 4.74 Å². The molecule has 1 heterocycles. The molecule has 0 aliphatic carbocycles. The first-order chi connectivity index (χ1) is 5.19. The number of rotatable bonds is 4. The molecule has 0 amide bonds. The van der Waals surface area contributed by atoms with Crippen LogP contribution < -0.4 is 0 Å². The lowest BCUT2D eigenvalue weighted by molar-refractivity contribution is 0.0784. The van der Waals surface area contributed by atoms with Crippen LogP contribution >= 0.6 is 0 Å². The monoisotopic (exact) mass is 156 g/mol. The molecule has 0 radical (unpaired) electrons. The molecule has 1 rings (SSSR count). The second-order valence-electron chi connectivity index (χ2n) is 3.26. The highest BCUT2D eigenvalue weighted by Gasteiger charge is 2.45. The molecule has 2 atom stereocenters.